The van der Waals surface area contributed by atoms with Crippen LogP contribution < -0.4 is 5.32 Å². The van der Waals surface area contributed by atoms with Gasteiger partial charge in [-0.25, -0.2) is 9.37 Å². The van der Waals surface area contributed by atoms with Crippen molar-refractivity contribution >= 4 is 11.3 Å². The lowest BCUT2D eigenvalue weighted by molar-refractivity contribution is 0.542. The number of thiazole rings is 1. The van der Waals surface area contributed by atoms with Crippen molar-refractivity contribution in [1.82, 2.24) is 10.3 Å². The molecule has 0 aliphatic rings. The molecule has 1 aromatic heterocycles. The van der Waals surface area contributed by atoms with E-state index in [0.717, 1.165) is 10.6 Å². The highest BCUT2D eigenvalue weighted by atomic mass is 32.1. The number of rotatable bonds is 4. The van der Waals surface area contributed by atoms with Gasteiger partial charge >= 0.3 is 0 Å². The molecule has 0 fully saturated rings. The van der Waals surface area contributed by atoms with Gasteiger partial charge in [0, 0.05) is 23.2 Å². The smallest absolute Gasteiger partial charge is 0.127 e. The van der Waals surface area contributed by atoms with Crippen LogP contribution in [0, 0.1) is 19.7 Å². The maximum Gasteiger partial charge on any atom is 0.127 e. The van der Waals surface area contributed by atoms with Crippen molar-refractivity contribution in [1.29, 1.82) is 0 Å². The Kier molecular flexibility index (Phi) is 4.09. The van der Waals surface area contributed by atoms with Gasteiger partial charge in [0.2, 0.25) is 0 Å². The van der Waals surface area contributed by atoms with Crippen molar-refractivity contribution in [3.8, 4) is 0 Å². The second-order valence-electron chi connectivity index (χ2n) is 4.51. The minimum absolute atomic E-state index is 0.142. The van der Waals surface area contributed by atoms with Crippen molar-refractivity contribution in [2.24, 2.45) is 0 Å². The zero-order valence-corrected chi connectivity index (χ0v) is 11.6. The normalized spacial score (nSPS) is 12.7. The zero-order chi connectivity index (χ0) is 13.1. The van der Waals surface area contributed by atoms with E-state index in [1.54, 1.807) is 17.4 Å². The van der Waals surface area contributed by atoms with E-state index in [2.05, 4.69) is 10.3 Å². The molecule has 0 aliphatic carbocycles. The van der Waals surface area contributed by atoms with Crippen LogP contribution in [0.15, 0.2) is 24.4 Å². The minimum atomic E-state index is -0.157. The van der Waals surface area contributed by atoms with E-state index in [-0.39, 0.29) is 11.9 Å². The number of hydrogen-bond donors (Lipinski definition) is 1. The topological polar surface area (TPSA) is 24.9 Å². The van der Waals surface area contributed by atoms with Crippen LogP contribution in [-0.4, -0.2) is 4.98 Å². The van der Waals surface area contributed by atoms with Crippen LogP contribution in [0.4, 0.5) is 4.39 Å². The van der Waals surface area contributed by atoms with Crippen molar-refractivity contribution < 1.29 is 4.39 Å². The molecule has 2 rings (SSSR count). The highest BCUT2D eigenvalue weighted by Gasteiger charge is 2.10. The Bertz CT molecular complexity index is 536. The second kappa shape index (κ2) is 5.59. The number of nitrogens with zero attached hydrogens (tertiary/aromatic N) is 1. The number of aryl methyl sites for hydroxylation is 2. The maximum atomic E-state index is 13.6. The highest BCUT2D eigenvalue weighted by molar-refractivity contribution is 7.11. The number of benzene rings is 1. The van der Waals surface area contributed by atoms with Crippen molar-refractivity contribution in [2.75, 3.05) is 0 Å². The summed E-state index contributed by atoms with van der Waals surface area (Å²) in [5.74, 6) is -0.157. The average molecular weight is 264 g/mol. The first-order valence-electron chi connectivity index (χ1n) is 5.97. The van der Waals surface area contributed by atoms with Gasteiger partial charge in [-0.15, -0.1) is 11.3 Å². The van der Waals surface area contributed by atoms with Gasteiger partial charge in [0.15, 0.2) is 0 Å². The fourth-order valence-electron chi connectivity index (χ4n) is 1.76. The Morgan fingerprint density at radius 1 is 1.39 bits per heavy atom. The Hall–Kier alpha value is -1.26. The molecule has 0 amide bonds. The lowest BCUT2D eigenvalue weighted by Gasteiger charge is -2.12. The molecule has 18 heavy (non-hydrogen) atoms. The average Bonchev–Trinajstić information content (AvgIpc) is 2.77. The van der Waals surface area contributed by atoms with Crippen LogP contribution in [-0.2, 0) is 6.54 Å². The molecule has 0 saturated heterocycles. The van der Waals surface area contributed by atoms with E-state index in [1.807, 2.05) is 33.0 Å². The van der Waals surface area contributed by atoms with Crippen LogP contribution in [0.5, 0.6) is 0 Å². The lowest BCUT2D eigenvalue weighted by atomic mass is 10.1. The number of nitrogens with one attached hydrogen (secondary N) is 1. The standard InChI is InChI=1S/C14H17FN2S/c1-9-4-5-13(15)12(6-9)8-16-11(3)14-17-7-10(2)18-14/h4-7,11,16H,8H2,1-3H3. The molecule has 2 aromatic rings. The molecule has 0 radical (unpaired) electrons. The van der Waals surface area contributed by atoms with Gasteiger partial charge < -0.3 is 5.32 Å². The largest absolute Gasteiger partial charge is 0.304 e. The van der Waals surface area contributed by atoms with Crippen molar-refractivity contribution in [3.63, 3.8) is 0 Å². The second-order valence-corrected chi connectivity index (χ2v) is 5.77. The molecule has 4 heteroatoms. The molecular formula is C14H17FN2S. The van der Waals surface area contributed by atoms with Crippen LogP contribution in [0.25, 0.3) is 0 Å². The number of hydrogen-bond acceptors (Lipinski definition) is 3. The van der Waals surface area contributed by atoms with E-state index >= 15 is 0 Å². The molecule has 1 unspecified atom stereocenters. The summed E-state index contributed by atoms with van der Waals surface area (Å²) in [6.07, 6.45) is 1.87. The van der Waals surface area contributed by atoms with Crippen molar-refractivity contribution in [2.45, 2.75) is 33.4 Å². The summed E-state index contributed by atoms with van der Waals surface area (Å²) in [4.78, 5) is 5.53. The van der Waals surface area contributed by atoms with Crippen LogP contribution in [0.2, 0.25) is 0 Å². The number of halogens is 1. The third kappa shape index (κ3) is 3.15. The molecule has 1 atom stereocenters. The first-order chi connectivity index (χ1) is 8.56. The Morgan fingerprint density at radius 3 is 2.83 bits per heavy atom. The summed E-state index contributed by atoms with van der Waals surface area (Å²) < 4.78 is 13.6. The third-order valence-corrected chi connectivity index (χ3v) is 3.90. The van der Waals surface area contributed by atoms with Crippen LogP contribution >= 0.6 is 11.3 Å². The maximum absolute atomic E-state index is 13.6. The SMILES string of the molecule is Cc1ccc(F)c(CNC(C)c2ncc(C)s2)c1. The van der Waals surface area contributed by atoms with Crippen LogP contribution in [0.3, 0.4) is 0 Å². The summed E-state index contributed by atoms with van der Waals surface area (Å²) in [6.45, 7) is 6.57. The first kappa shape index (κ1) is 13.2. The quantitative estimate of drug-likeness (QED) is 0.909. The highest BCUT2D eigenvalue weighted by Crippen LogP contribution is 2.19. The summed E-state index contributed by atoms with van der Waals surface area (Å²) in [5.41, 5.74) is 1.78. The number of aromatic nitrogens is 1. The summed E-state index contributed by atoms with van der Waals surface area (Å²) >= 11 is 1.67. The Labute approximate surface area is 111 Å². The molecule has 0 aliphatic heterocycles. The molecule has 1 aromatic carbocycles. The molecular weight excluding hydrogens is 247 g/mol. The van der Waals surface area contributed by atoms with E-state index < -0.39 is 0 Å². The Balaban J connectivity index is 2.01. The molecule has 1 N–H and O–H groups in total. The fourth-order valence-corrected chi connectivity index (χ4v) is 2.56. The molecule has 0 bridgehead atoms. The fraction of sp³-hybridized carbons (Fsp3) is 0.357. The predicted octanol–water partition coefficient (Wildman–Crippen LogP) is 3.75. The summed E-state index contributed by atoms with van der Waals surface area (Å²) in [7, 11) is 0. The van der Waals surface area contributed by atoms with Gasteiger partial charge in [-0.3, -0.25) is 0 Å². The molecule has 0 saturated carbocycles. The van der Waals surface area contributed by atoms with Gasteiger partial charge in [-0.05, 0) is 26.8 Å². The van der Waals surface area contributed by atoms with E-state index in [1.165, 1.54) is 10.9 Å². The van der Waals surface area contributed by atoms with Gasteiger partial charge in [0.25, 0.3) is 0 Å². The van der Waals surface area contributed by atoms with E-state index in [9.17, 15) is 4.39 Å². The van der Waals surface area contributed by atoms with Crippen molar-refractivity contribution in [3.05, 3.63) is 51.2 Å². The summed E-state index contributed by atoms with van der Waals surface area (Å²) in [5, 5.41) is 4.35. The van der Waals surface area contributed by atoms with Crippen LogP contribution in [0.1, 0.15) is 34.0 Å². The van der Waals surface area contributed by atoms with Gasteiger partial charge in [-0.2, -0.15) is 0 Å². The summed E-state index contributed by atoms with van der Waals surface area (Å²) in [6, 6.07) is 5.32. The lowest BCUT2D eigenvalue weighted by Crippen LogP contribution is -2.18. The van der Waals surface area contributed by atoms with Gasteiger partial charge in [0.05, 0.1) is 6.04 Å². The first-order valence-corrected chi connectivity index (χ1v) is 6.78. The molecule has 96 valence electrons. The van der Waals surface area contributed by atoms with E-state index in [4.69, 9.17) is 0 Å². The molecule has 1 heterocycles. The molecule has 2 nitrogen and oxygen atoms in total. The van der Waals surface area contributed by atoms with Gasteiger partial charge in [0.1, 0.15) is 10.8 Å². The van der Waals surface area contributed by atoms with E-state index in [0.29, 0.717) is 12.1 Å². The zero-order valence-electron chi connectivity index (χ0n) is 10.8. The minimum Gasteiger partial charge on any atom is -0.304 e. The molecule has 0 spiro atoms. The third-order valence-electron chi connectivity index (χ3n) is 2.81. The monoisotopic (exact) mass is 264 g/mol. The Morgan fingerprint density at radius 2 is 2.17 bits per heavy atom. The predicted molar refractivity (Wildman–Crippen MR) is 73.2 cm³/mol. The van der Waals surface area contributed by atoms with Gasteiger partial charge in [-0.1, -0.05) is 17.7 Å².